The Hall–Kier alpha value is -0.280. The van der Waals surface area contributed by atoms with Crippen LogP contribution in [0.3, 0.4) is 0 Å². The number of hydrogen-bond donors (Lipinski definition) is 1. The first-order valence-electron chi connectivity index (χ1n) is 6.83. The summed E-state index contributed by atoms with van der Waals surface area (Å²) in [5.74, 6) is 1.16. The highest BCUT2D eigenvalue weighted by Crippen LogP contribution is 2.30. The predicted molar refractivity (Wildman–Crippen MR) is 72.5 cm³/mol. The summed E-state index contributed by atoms with van der Waals surface area (Å²) in [5.41, 5.74) is 0. The van der Waals surface area contributed by atoms with E-state index in [9.17, 15) is 4.79 Å². The van der Waals surface area contributed by atoms with E-state index in [-0.39, 0.29) is 18.4 Å². The minimum absolute atomic E-state index is 0. The first-order valence-corrected chi connectivity index (χ1v) is 6.83. The quantitative estimate of drug-likeness (QED) is 0.822. The number of carbonyl (C=O) groups excluding carboxylic acids is 1. The summed E-state index contributed by atoms with van der Waals surface area (Å²) in [5, 5.41) is 3.36. The molecular formula is C13H25ClN2O. The number of nitrogens with zero attached hydrogens (tertiary/aromatic N) is 1. The molecule has 1 atom stereocenters. The van der Waals surface area contributed by atoms with Gasteiger partial charge in [-0.2, -0.15) is 0 Å². The number of piperidine rings is 1. The van der Waals surface area contributed by atoms with E-state index in [4.69, 9.17) is 0 Å². The molecule has 1 aliphatic heterocycles. The van der Waals surface area contributed by atoms with Gasteiger partial charge in [-0.25, -0.2) is 0 Å². The van der Waals surface area contributed by atoms with Gasteiger partial charge in [0.1, 0.15) is 0 Å². The van der Waals surface area contributed by atoms with Gasteiger partial charge in [-0.05, 0) is 44.6 Å². The van der Waals surface area contributed by atoms with E-state index in [1.165, 1.54) is 25.7 Å². The maximum Gasteiger partial charge on any atom is 0.239 e. The normalized spacial score (nSPS) is 23.9. The maximum atomic E-state index is 12.3. The van der Waals surface area contributed by atoms with Gasteiger partial charge in [0.15, 0.2) is 0 Å². The van der Waals surface area contributed by atoms with Gasteiger partial charge in [0.25, 0.3) is 0 Å². The van der Waals surface area contributed by atoms with Crippen LogP contribution in [0.15, 0.2) is 0 Å². The highest BCUT2D eigenvalue weighted by molar-refractivity contribution is 5.85. The molecule has 0 unspecified atom stereocenters. The lowest BCUT2D eigenvalue weighted by atomic mass is 10.0. The molecule has 0 radical (unpaired) electrons. The van der Waals surface area contributed by atoms with Crippen LogP contribution in [0.25, 0.3) is 0 Å². The van der Waals surface area contributed by atoms with E-state index in [2.05, 4.69) is 17.1 Å². The molecule has 1 saturated heterocycles. The molecule has 100 valence electrons. The SMILES string of the molecule is CCCN(CC1CC1)C(=O)[C@H]1CCCCN1.Cl. The average molecular weight is 261 g/mol. The summed E-state index contributed by atoms with van der Waals surface area (Å²) in [6.45, 7) is 5.11. The zero-order valence-electron chi connectivity index (χ0n) is 10.8. The van der Waals surface area contributed by atoms with Crippen molar-refractivity contribution in [2.75, 3.05) is 19.6 Å². The summed E-state index contributed by atoms with van der Waals surface area (Å²) in [4.78, 5) is 14.4. The van der Waals surface area contributed by atoms with E-state index >= 15 is 0 Å². The molecule has 0 aromatic carbocycles. The maximum absolute atomic E-state index is 12.3. The molecule has 1 saturated carbocycles. The zero-order valence-corrected chi connectivity index (χ0v) is 11.6. The van der Waals surface area contributed by atoms with Crippen LogP contribution in [0, 0.1) is 5.92 Å². The van der Waals surface area contributed by atoms with Crippen molar-refractivity contribution in [3.05, 3.63) is 0 Å². The summed E-state index contributed by atoms with van der Waals surface area (Å²) >= 11 is 0. The summed E-state index contributed by atoms with van der Waals surface area (Å²) in [7, 11) is 0. The number of amides is 1. The molecule has 17 heavy (non-hydrogen) atoms. The molecular weight excluding hydrogens is 236 g/mol. The fourth-order valence-corrected chi connectivity index (χ4v) is 2.46. The Kier molecular flexibility index (Phi) is 6.28. The highest BCUT2D eigenvalue weighted by Gasteiger charge is 2.30. The Balaban J connectivity index is 0.00000144. The van der Waals surface area contributed by atoms with Crippen molar-refractivity contribution < 1.29 is 4.79 Å². The Morgan fingerprint density at radius 3 is 2.59 bits per heavy atom. The number of hydrogen-bond acceptors (Lipinski definition) is 2. The largest absolute Gasteiger partial charge is 0.341 e. The Labute approximate surface area is 111 Å². The third-order valence-electron chi connectivity index (χ3n) is 3.59. The Morgan fingerprint density at radius 1 is 1.29 bits per heavy atom. The molecule has 0 aromatic rings. The van der Waals surface area contributed by atoms with Crippen LogP contribution in [-0.2, 0) is 4.79 Å². The summed E-state index contributed by atoms with van der Waals surface area (Å²) in [6.07, 6.45) is 7.18. The van der Waals surface area contributed by atoms with Gasteiger partial charge in [-0.3, -0.25) is 4.79 Å². The van der Waals surface area contributed by atoms with Gasteiger partial charge in [-0.15, -0.1) is 12.4 Å². The van der Waals surface area contributed by atoms with E-state index in [1.807, 2.05) is 0 Å². The second-order valence-electron chi connectivity index (χ2n) is 5.23. The standard InChI is InChI=1S/C13H24N2O.ClH/c1-2-9-15(10-11-6-7-11)13(16)12-5-3-4-8-14-12;/h11-12,14H,2-10H2,1H3;1H/t12-;/m1./s1. The van der Waals surface area contributed by atoms with E-state index < -0.39 is 0 Å². The molecule has 1 aliphatic carbocycles. The minimum atomic E-state index is 0. The van der Waals surface area contributed by atoms with Crippen LogP contribution >= 0.6 is 12.4 Å². The topological polar surface area (TPSA) is 32.3 Å². The van der Waals surface area contributed by atoms with E-state index in [1.54, 1.807) is 0 Å². The minimum Gasteiger partial charge on any atom is -0.341 e. The average Bonchev–Trinajstić information content (AvgIpc) is 3.13. The van der Waals surface area contributed by atoms with Gasteiger partial charge >= 0.3 is 0 Å². The van der Waals surface area contributed by atoms with Crippen LogP contribution in [0.1, 0.15) is 45.4 Å². The van der Waals surface area contributed by atoms with Gasteiger partial charge in [-0.1, -0.05) is 13.3 Å². The molecule has 2 fully saturated rings. The molecule has 1 N–H and O–H groups in total. The molecule has 1 heterocycles. The molecule has 0 aromatic heterocycles. The predicted octanol–water partition coefficient (Wildman–Crippen LogP) is 2.20. The molecule has 3 nitrogen and oxygen atoms in total. The third-order valence-corrected chi connectivity index (χ3v) is 3.59. The van der Waals surface area contributed by atoms with Crippen LogP contribution in [0.5, 0.6) is 0 Å². The second-order valence-corrected chi connectivity index (χ2v) is 5.23. The second kappa shape index (κ2) is 7.22. The van der Waals surface area contributed by atoms with Crippen molar-refractivity contribution in [2.24, 2.45) is 5.92 Å². The van der Waals surface area contributed by atoms with Gasteiger partial charge in [0.2, 0.25) is 5.91 Å². The van der Waals surface area contributed by atoms with Gasteiger partial charge in [0.05, 0.1) is 6.04 Å². The Bertz CT molecular complexity index is 238. The van der Waals surface area contributed by atoms with Crippen LogP contribution in [-0.4, -0.2) is 36.5 Å². The fraction of sp³-hybridized carbons (Fsp3) is 0.923. The monoisotopic (exact) mass is 260 g/mol. The molecule has 0 bridgehead atoms. The zero-order chi connectivity index (χ0) is 11.4. The Morgan fingerprint density at radius 2 is 2.06 bits per heavy atom. The van der Waals surface area contributed by atoms with Crippen molar-refractivity contribution >= 4 is 18.3 Å². The van der Waals surface area contributed by atoms with Crippen molar-refractivity contribution in [3.8, 4) is 0 Å². The van der Waals surface area contributed by atoms with Crippen LogP contribution in [0.4, 0.5) is 0 Å². The molecule has 2 rings (SSSR count). The molecule has 0 spiro atoms. The third kappa shape index (κ3) is 4.47. The van der Waals surface area contributed by atoms with Crippen molar-refractivity contribution in [1.82, 2.24) is 10.2 Å². The summed E-state index contributed by atoms with van der Waals surface area (Å²) in [6, 6.07) is 0.110. The lowest BCUT2D eigenvalue weighted by Crippen LogP contribution is -2.49. The summed E-state index contributed by atoms with van der Waals surface area (Å²) < 4.78 is 0. The molecule has 4 heteroatoms. The molecule has 1 amide bonds. The van der Waals surface area contributed by atoms with Gasteiger partial charge in [0, 0.05) is 13.1 Å². The van der Waals surface area contributed by atoms with Crippen molar-refractivity contribution in [3.63, 3.8) is 0 Å². The van der Waals surface area contributed by atoms with Crippen LogP contribution in [0.2, 0.25) is 0 Å². The van der Waals surface area contributed by atoms with E-state index in [0.717, 1.165) is 38.4 Å². The van der Waals surface area contributed by atoms with E-state index in [0.29, 0.717) is 5.91 Å². The number of rotatable bonds is 5. The highest BCUT2D eigenvalue weighted by atomic mass is 35.5. The number of nitrogens with one attached hydrogen (secondary N) is 1. The number of halogens is 1. The lowest BCUT2D eigenvalue weighted by Gasteiger charge is -2.30. The first kappa shape index (κ1) is 14.8. The van der Waals surface area contributed by atoms with Crippen LogP contribution < -0.4 is 5.32 Å². The smallest absolute Gasteiger partial charge is 0.239 e. The number of carbonyl (C=O) groups is 1. The van der Waals surface area contributed by atoms with Gasteiger partial charge < -0.3 is 10.2 Å². The fourth-order valence-electron chi connectivity index (χ4n) is 2.46. The van der Waals surface area contributed by atoms with Crippen molar-refractivity contribution in [2.45, 2.75) is 51.5 Å². The van der Waals surface area contributed by atoms with Crippen molar-refractivity contribution in [1.29, 1.82) is 0 Å². The first-order chi connectivity index (χ1) is 7.81. The lowest BCUT2D eigenvalue weighted by molar-refractivity contribution is -0.134. The molecule has 2 aliphatic rings.